The average Bonchev–Trinajstić information content (AvgIpc) is 3.38. The smallest absolute Gasteiger partial charge is 0.248 e. The summed E-state index contributed by atoms with van der Waals surface area (Å²) >= 11 is 2.84. The van der Waals surface area contributed by atoms with Crippen molar-refractivity contribution in [2.75, 3.05) is 17.7 Å². The van der Waals surface area contributed by atoms with Gasteiger partial charge in [-0.15, -0.1) is 11.8 Å². The second kappa shape index (κ2) is 12.4. The van der Waals surface area contributed by atoms with Crippen molar-refractivity contribution in [3.8, 4) is 5.75 Å². The Kier molecular flexibility index (Phi) is 8.36. The zero-order valence-electron chi connectivity index (χ0n) is 21.0. The number of hydrogen-bond acceptors (Lipinski definition) is 6. The van der Waals surface area contributed by atoms with Crippen molar-refractivity contribution in [2.45, 2.75) is 10.1 Å². The number of hydrogen-bond donors (Lipinski definition) is 2. The standard InChI is InChI=1S/C31H25N3O3S2/c1-37-24-15-18-26-27(20-24)39-31(33-26)34-30(36)29(22-10-6-3-7-11-22)38-25-16-13-23(14-17-25)32-28(35)19-12-21-8-4-2-5-9-21/h2-20,29H,1H3,(H,32,35)(H,33,34,36)/b19-12+. The number of methoxy groups -OCH3 is 1. The molecule has 0 saturated heterocycles. The monoisotopic (exact) mass is 551 g/mol. The summed E-state index contributed by atoms with van der Waals surface area (Å²) in [6.45, 7) is 0. The Labute approximate surface area is 234 Å². The van der Waals surface area contributed by atoms with Crippen LogP contribution in [-0.2, 0) is 9.59 Å². The third kappa shape index (κ3) is 6.93. The van der Waals surface area contributed by atoms with Crippen LogP contribution in [0.4, 0.5) is 10.8 Å². The molecule has 0 fully saturated rings. The number of fused-ring (bicyclic) bond motifs is 1. The van der Waals surface area contributed by atoms with Gasteiger partial charge in [0.25, 0.3) is 0 Å². The molecule has 4 aromatic carbocycles. The van der Waals surface area contributed by atoms with Gasteiger partial charge in [-0.3, -0.25) is 9.59 Å². The Balaban J connectivity index is 1.28. The van der Waals surface area contributed by atoms with Gasteiger partial charge in [-0.1, -0.05) is 72.0 Å². The van der Waals surface area contributed by atoms with Crippen LogP contribution in [0.3, 0.4) is 0 Å². The maximum atomic E-state index is 13.5. The normalized spacial score (nSPS) is 11.8. The van der Waals surface area contributed by atoms with Crippen LogP contribution in [0.5, 0.6) is 5.75 Å². The number of amides is 2. The molecule has 0 spiro atoms. The molecule has 1 atom stereocenters. The summed E-state index contributed by atoms with van der Waals surface area (Å²) in [6.07, 6.45) is 3.27. The van der Waals surface area contributed by atoms with E-state index in [1.165, 1.54) is 29.2 Å². The zero-order chi connectivity index (χ0) is 27.0. The summed E-state index contributed by atoms with van der Waals surface area (Å²) in [5.41, 5.74) is 3.31. The van der Waals surface area contributed by atoms with E-state index in [-0.39, 0.29) is 11.8 Å². The molecule has 0 aliphatic heterocycles. The molecular weight excluding hydrogens is 526 g/mol. The van der Waals surface area contributed by atoms with Gasteiger partial charge < -0.3 is 15.4 Å². The predicted octanol–water partition coefficient (Wildman–Crippen LogP) is 7.43. The first kappa shape index (κ1) is 26.2. The number of nitrogens with one attached hydrogen (secondary N) is 2. The Morgan fingerprint density at radius 3 is 2.33 bits per heavy atom. The number of benzene rings is 4. The first-order chi connectivity index (χ1) is 19.1. The molecule has 0 bridgehead atoms. The lowest BCUT2D eigenvalue weighted by molar-refractivity contribution is -0.116. The molecule has 8 heteroatoms. The number of anilines is 2. The number of thiazole rings is 1. The number of carbonyl (C=O) groups is 2. The van der Waals surface area contributed by atoms with Gasteiger partial charge in [0.2, 0.25) is 11.8 Å². The van der Waals surface area contributed by atoms with E-state index in [0.717, 1.165) is 32.0 Å². The number of carbonyl (C=O) groups excluding carboxylic acids is 2. The fourth-order valence-electron chi connectivity index (χ4n) is 3.83. The van der Waals surface area contributed by atoms with Crippen molar-refractivity contribution in [3.63, 3.8) is 0 Å². The molecule has 0 aliphatic carbocycles. The first-order valence-corrected chi connectivity index (χ1v) is 13.9. The van der Waals surface area contributed by atoms with Crippen molar-refractivity contribution in [1.82, 2.24) is 4.98 Å². The van der Waals surface area contributed by atoms with Gasteiger partial charge in [-0.05, 0) is 59.7 Å². The van der Waals surface area contributed by atoms with Gasteiger partial charge in [-0.25, -0.2) is 4.98 Å². The Bertz CT molecular complexity index is 1600. The molecular formula is C31H25N3O3S2. The van der Waals surface area contributed by atoms with Crippen molar-refractivity contribution >= 4 is 62.0 Å². The maximum absolute atomic E-state index is 13.5. The van der Waals surface area contributed by atoms with Gasteiger partial charge in [0, 0.05) is 16.7 Å². The third-order valence-electron chi connectivity index (χ3n) is 5.77. The predicted molar refractivity (Wildman–Crippen MR) is 160 cm³/mol. The number of rotatable bonds is 9. The molecule has 194 valence electrons. The second-order valence-corrected chi connectivity index (χ2v) is 10.7. The topological polar surface area (TPSA) is 80.3 Å². The minimum Gasteiger partial charge on any atom is -0.497 e. The van der Waals surface area contributed by atoms with Crippen LogP contribution in [0.2, 0.25) is 0 Å². The second-order valence-electron chi connectivity index (χ2n) is 8.51. The Morgan fingerprint density at radius 2 is 1.62 bits per heavy atom. The molecule has 0 radical (unpaired) electrons. The Morgan fingerprint density at radius 1 is 0.897 bits per heavy atom. The minimum atomic E-state index is -0.498. The first-order valence-electron chi connectivity index (χ1n) is 12.2. The SMILES string of the molecule is COc1ccc2nc(NC(=O)C(Sc3ccc(NC(=O)/C=C/c4ccccc4)cc3)c3ccccc3)sc2c1. The molecule has 2 N–H and O–H groups in total. The van der Waals surface area contributed by atoms with Crippen molar-refractivity contribution in [1.29, 1.82) is 0 Å². The van der Waals surface area contributed by atoms with Crippen LogP contribution >= 0.6 is 23.1 Å². The van der Waals surface area contributed by atoms with Crippen LogP contribution in [0.15, 0.2) is 114 Å². The van der Waals surface area contributed by atoms with E-state index < -0.39 is 5.25 Å². The van der Waals surface area contributed by atoms with E-state index in [2.05, 4.69) is 15.6 Å². The summed E-state index contributed by atoms with van der Waals surface area (Å²) in [7, 11) is 1.62. The molecule has 0 saturated carbocycles. The van der Waals surface area contributed by atoms with Gasteiger partial charge in [-0.2, -0.15) is 0 Å². The summed E-state index contributed by atoms with van der Waals surface area (Å²) in [5.74, 6) is 0.364. The van der Waals surface area contributed by atoms with Crippen molar-refractivity contribution < 1.29 is 14.3 Å². The largest absolute Gasteiger partial charge is 0.497 e. The van der Waals surface area contributed by atoms with E-state index in [1.54, 1.807) is 13.2 Å². The molecule has 6 nitrogen and oxygen atoms in total. The van der Waals surface area contributed by atoms with Gasteiger partial charge in [0.05, 0.1) is 17.3 Å². The molecule has 5 rings (SSSR count). The molecule has 1 unspecified atom stereocenters. The molecule has 5 aromatic rings. The maximum Gasteiger partial charge on any atom is 0.248 e. The highest BCUT2D eigenvalue weighted by Gasteiger charge is 2.23. The van der Waals surface area contributed by atoms with Crippen LogP contribution in [0, 0.1) is 0 Å². The number of ether oxygens (including phenoxy) is 1. The highest BCUT2D eigenvalue weighted by Crippen LogP contribution is 2.37. The van der Waals surface area contributed by atoms with E-state index in [4.69, 9.17) is 4.74 Å². The van der Waals surface area contributed by atoms with Crippen molar-refractivity contribution in [2.24, 2.45) is 0 Å². The average molecular weight is 552 g/mol. The van der Waals surface area contributed by atoms with Gasteiger partial charge in [0.15, 0.2) is 5.13 Å². The number of aromatic nitrogens is 1. The van der Waals surface area contributed by atoms with E-state index >= 15 is 0 Å². The molecule has 2 amide bonds. The zero-order valence-corrected chi connectivity index (χ0v) is 22.7. The van der Waals surface area contributed by atoms with Gasteiger partial charge in [0.1, 0.15) is 11.0 Å². The number of thioether (sulfide) groups is 1. The minimum absolute atomic E-state index is 0.166. The fraction of sp³-hybridized carbons (Fsp3) is 0.0645. The summed E-state index contributed by atoms with van der Waals surface area (Å²) < 4.78 is 6.23. The van der Waals surface area contributed by atoms with Crippen LogP contribution in [0.25, 0.3) is 16.3 Å². The lowest BCUT2D eigenvalue weighted by Crippen LogP contribution is -2.18. The van der Waals surface area contributed by atoms with E-state index in [0.29, 0.717) is 10.8 Å². The lowest BCUT2D eigenvalue weighted by atomic mass is 10.1. The van der Waals surface area contributed by atoms with Crippen molar-refractivity contribution in [3.05, 3.63) is 120 Å². The molecule has 0 aliphatic rings. The summed E-state index contributed by atoms with van der Waals surface area (Å²) in [4.78, 5) is 31.2. The van der Waals surface area contributed by atoms with E-state index in [9.17, 15) is 9.59 Å². The van der Waals surface area contributed by atoms with Crippen LogP contribution in [0.1, 0.15) is 16.4 Å². The van der Waals surface area contributed by atoms with E-state index in [1.807, 2.05) is 103 Å². The fourth-order valence-corrected chi connectivity index (χ4v) is 5.75. The van der Waals surface area contributed by atoms with Crippen LogP contribution in [-0.4, -0.2) is 23.9 Å². The Hall–Kier alpha value is -4.40. The quantitative estimate of drug-likeness (QED) is 0.147. The number of nitrogens with zero attached hydrogens (tertiary/aromatic N) is 1. The van der Waals surface area contributed by atoms with Gasteiger partial charge >= 0.3 is 0 Å². The molecule has 1 aromatic heterocycles. The summed E-state index contributed by atoms with van der Waals surface area (Å²) in [6, 6.07) is 32.4. The molecule has 1 heterocycles. The highest BCUT2D eigenvalue weighted by atomic mass is 32.2. The summed E-state index contributed by atoms with van der Waals surface area (Å²) in [5, 5.41) is 5.90. The highest BCUT2D eigenvalue weighted by molar-refractivity contribution is 8.00. The lowest BCUT2D eigenvalue weighted by Gasteiger charge is -2.16. The third-order valence-corrected chi connectivity index (χ3v) is 7.97. The van der Waals surface area contributed by atoms with Crippen LogP contribution < -0.4 is 15.4 Å². The molecule has 39 heavy (non-hydrogen) atoms.